The topological polar surface area (TPSA) is 73.3 Å². The van der Waals surface area contributed by atoms with E-state index in [1.54, 1.807) is 36.1 Å². The molecule has 1 atom stereocenters. The first kappa shape index (κ1) is 13.9. The van der Waals surface area contributed by atoms with Crippen molar-refractivity contribution < 1.29 is 9.84 Å². The van der Waals surface area contributed by atoms with Crippen LogP contribution in [0.15, 0.2) is 30.5 Å². The van der Waals surface area contributed by atoms with E-state index in [1.165, 1.54) is 6.20 Å². The van der Waals surface area contributed by atoms with Crippen molar-refractivity contribution in [3.63, 3.8) is 0 Å². The van der Waals surface area contributed by atoms with Gasteiger partial charge in [0.05, 0.1) is 30.1 Å². The molecule has 102 valence electrons. The average molecular weight is 282 g/mol. The molecule has 19 heavy (non-hydrogen) atoms. The van der Waals surface area contributed by atoms with Gasteiger partial charge < -0.3 is 15.6 Å². The lowest BCUT2D eigenvalue weighted by molar-refractivity contribution is 0.171. The Labute approximate surface area is 116 Å². The number of anilines is 1. The fourth-order valence-corrected chi connectivity index (χ4v) is 2.08. The Morgan fingerprint density at radius 1 is 1.42 bits per heavy atom. The van der Waals surface area contributed by atoms with E-state index in [9.17, 15) is 5.11 Å². The highest BCUT2D eigenvalue weighted by Gasteiger charge is 2.19. The van der Waals surface area contributed by atoms with Crippen LogP contribution in [0.1, 0.15) is 17.4 Å². The van der Waals surface area contributed by atoms with Gasteiger partial charge in [0, 0.05) is 12.8 Å². The number of rotatable bonds is 5. The Morgan fingerprint density at radius 2 is 2.11 bits per heavy atom. The van der Waals surface area contributed by atoms with Crippen molar-refractivity contribution in [2.45, 2.75) is 12.6 Å². The molecule has 0 amide bonds. The molecule has 0 bridgehead atoms. The smallest absolute Gasteiger partial charge is 0.122 e. The van der Waals surface area contributed by atoms with Gasteiger partial charge in [0.2, 0.25) is 0 Å². The lowest BCUT2D eigenvalue weighted by atomic mass is 10.1. The second-order valence-electron chi connectivity index (χ2n) is 4.16. The molecule has 1 unspecified atom stereocenters. The molecule has 1 heterocycles. The SMILES string of the molecule is COCCn1ncc(Cl)c1C(O)c1ccc(N)cc1. The van der Waals surface area contributed by atoms with Crippen molar-refractivity contribution in [1.82, 2.24) is 9.78 Å². The molecule has 5 nitrogen and oxygen atoms in total. The van der Waals surface area contributed by atoms with E-state index >= 15 is 0 Å². The summed E-state index contributed by atoms with van der Waals surface area (Å²) in [5.74, 6) is 0. The highest BCUT2D eigenvalue weighted by molar-refractivity contribution is 6.31. The zero-order chi connectivity index (χ0) is 13.8. The molecule has 0 aliphatic carbocycles. The van der Waals surface area contributed by atoms with Gasteiger partial charge in [-0.05, 0) is 17.7 Å². The van der Waals surface area contributed by atoms with E-state index in [-0.39, 0.29) is 0 Å². The van der Waals surface area contributed by atoms with Crippen LogP contribution in [0, 0.1) is 0 Å². The third-order valence-electron chi connectivity index (χ3n) is 2.85. The second kappa shape index (κ2) is 6.06. The maximum Gasteiger partial charge on any atom is 0.122 e. The van der Waals surface area contributed by atoms with Gasteiger partial charge in [-0.25, -0.2) is 0 Å². The van der Waals surface area contributed by atoms with Crippen molar-refractivity contribution >= 4 is 17.3 Å². The van der Waals surface area contributed by atoms with E-state index in [4.69, 9.17) is 22.1 Å². The number of benzene rings is 1. The average Bonchev–Trinajstić information content (AvgIpc) is 2.77. The molecule has 0 fully saturated rings. The summed E-state index contributed by atoms with van der Waals surface area (Å²) < 4.78 is 6.65. The number of aliphatic hydroxyl groups is 1. The van der Waals surface area contributed by atoms with E-state index in [0.717, 1.165) is 5.56 Å². The van der Waals surface area contributed by atoms with Gasteiger partial charge in [-0.1, -0.05) is 23.7 Å². The van der Waals surface area contributed by atoms with Gasteiger partial charge in [0.25, 0.3) is 0 Å². The normalized spacial score (nSPS) is 12.6. The molecule has 3 N–H and O–H groups in total. The molecule has 0 radical (unpaired) electrons. The Hall–Kier alpha value is -1.56. The minimum absolute atomic E-state index is 0.431. The van der Waals surface area contributed by atoms with Gasteiger partial charge in [-0.2, -0.15) is 5.10 Å². The number of hydrogen-bond donors (Lipinski definition) is 2. The minimum atomic E-state index is -0.840. The van der Waals surface area contributed by atoms with Gasteiger partial charge >= 0.3 is 0 Å². The highest BCUT2D eigenvalue weighted by atomic mass is 35.5. The van der Waals surface area contributed by atoms with Crippen LogP contribution < -0.4 is 5.73 Å². The third kappa shape index (κ3) is 3.07. The molecular weight excluding hydrogens is 266 g/mol. The molecule has 2 rings (SSSR count). The van der Waals surface area contributed by atoms with Crippen LogP contribution in [0.25, 0.3) is 0 Å². The van der Waals surface area contributed by atoms with Crippen LogP contribution in [-0.2, 0) is 11.3 Å². The van der Waals surface area contributed by atoms with Crippen LogP contribution in [-0.4, -0.2) is 28.6 Å². The quantitative estimate of drug-likeness (QED) is 0.820. The summed E-state index contributed by atoms with van der Waals surface area (Å²) in [7, 11) is 1.61. The Morgan fingerprint density at radius 3 is 2.74 bits per heavy atom. The van der Waals surface area contributed by atoms with Crippen molar-refractivity contribution in [2.75, 3.05) is 19.5 Å². The largest absolute Gasteiger partial charge is 0.399 e. The van der Waals surface area contributed by atoms with E-state index in [2.05, 4.69) is 5.10 Å². The van der Waals surface area contributed by atoms with Crippen LogP contribution in [0.5, 0.6) is 0 Å². The molecule has 6 heteroatoms. The third-order valence-corrected chi connectivity index (χ3v) is 3.14. The minimum Gasteiger partial charge on any atom is -0.399 e. The highest BCUT2D eigenvalue weighted by Crippen LogP contribution is 2.28. The van der Waals surface area contributed by atoms with Gasteiger partial charge in [-0.3, -0.25) is 4.68 Å². The summed E-state index contributed by atoms with van der Waals surface area (Å²) in [6.45, 7) is 1.03. The van der Waals surface area contributed by atoms with Crippen LogP contribution in [0.4, 0.5) is 5.69 Å². The number of aromatic nitrogens is 2. The Bertz CT molecular complexity index is 539. The molecule has 2 aromatic rings. The molecule has 0 saturated carbocycles. The summed E-state index contributed by atoms with van der Waals surface area (Å²) in [5.41, 5.74) is 7.55. The molecule has 0 spiro atoms. The van der Waals surface area contributed by atoms with Gasteiger partial charge in [0.15, 0.2) is 0 Å². The van der Waals surface area contributed by atoms with E-state index in [1.807, 2.05) is 0 Å². The maximum atomic E-state index is 10.4. The van der Waals surface area contributed by atoms with Crippen molar-refractivity contribution in [2.24, 2.45) is 0 Å². The van der Waals surface area contributed by atoms with Crippen molar-refractivity contribution in [3.05, 3.63) is 46.7 Å². The fraction of sp³-hybridized carbons (Fsp3) is 0.308. The summed E-state index contributed by atoms with van der Waals surface area (Å²) in [4.78, 5) is 0. The number of aliphatic hydroxyl groups excluding tert-OH is 1. The zero-order valence-corrected chi connectivity index (χ0v) is 11.3. The summed E-state index contributed by atoms with van der Waals surface area (Å²) in [6, 6.07) is 7.01. The number of nitrogens with two attached hydrogens (primary N) is 1. The van der Waals surface area contributed by atoms with Crippen molar-refractivity contribution in [3.8, 4) is 0 Å². The van der Waals surface area contributed by atoms with Crippen molar-refractivity contribution in [1.29, 1.82) is 0 Å². The fourth-order valence-electron chi connectivity index (χ4n) is 1.84. The molecule has 1 aromatic carbocycles. The standard InChI is InChI=1S/C13H16ClN3O2/c1-19-7-6-17-12(11(14)8-16-17)13(18)9-2-4-10(15)5-3-9/h2-5,8,13,18H,6-7,15H2,1H3. The number of nitrogens with zero attached hydrogens (tertiary/aromatic N) is 2. The maximum absolute atomic E-state index is 10.4. The van der Waals surface area contributed by atoms with Gasteiger partial charge in [-0.15, -0.1) is 0 Å². The monoisotopic (exact) mass is 281 g/mol. The van der Waals surface area contributed by atoms with E-state index in [0.29, 0.717) is 29.6 Å². The first-order chi connectivity index (χ1) is 9.13. The van der Waals surface area contributed by atoms with E-state index < -0.39 is 6.10 Å². The predicted molar refractivity (Wildman–Crippen MR) is 74.0 cm³/mol. The number of methoxy groups -OCH3 is 1. The first-order valence-corrected chi connectivity index (χ1v) is 6.25. The molecule has 1 aromatic heterocycles. The van der Waals surface area contributed by atoms with Crippen LogP contribution in [0.2, 0.25) is 5.02 Å². The van der Waals surface area contributed by atoms with Crippen LogP contribution in [0.3, 0.4) is 0 Å². The summed E-state index contributed by atoms with van der Waals surface area (Å²) in [6.07, 6.45) is 0.681. The lowest BCUT2D eigenvalue weighted by Crippen LogP contribution is -2.13. The number of halogens is 1. The predicted octanol–water partition coefficient (Wildman–Crippen LogP) is 1.85. The Kier molecular flexibility index (Phi) is 4.42. The molecule has 0 saturated heterocycles. The lowest BCUT2D eigenvalue weighted by Gasteiger charge is -2.14. The van der Waals surface area contributed by atoms with Crippen LogP contribution >= 0.6 is 11.6 Å². The summed E-state index contributed by atoms with van der Waals surface area (Å²) >= 11 is 6.09. The molecule has 0 aliphatic rings. The number of ether oxygens (including phenoxy) is 1. The van der Waals surface area contributed by atoms with Gasteiger partial charge in [0.1, 0.15) is 6.10 Å². The number of nitrogen functional groups attached to an aromatic ring is 1. The second-order valence-corrected chi connectivity index (χ2v) is 4.57. The zero-order valence-electron chi connectivity index (χ0n) is 10.6. The Balaban J connectivity index is 2.29. The summed E-state index contributed by atoms with van der Waals surface area (Å²) in [5, 5.41) is 15.0. The number of hydrogen-bond acceptors (Lipinski definition) is 4. The molecule has 0 aliphatic heterocycles. The first-order valence-electron chi connectivity index (χ1n) is 5.87. The molecular formula is C13H16ClN3O2.